The van der Waals surface area contributed by atoms with E-state index in [0.717, 1.165) is 31.1 Å². The first kappa shape index (κ1) is 13.0. The van der Waals surface area contributed by atoms with E-state index < -0.39 is 0 Å². The highest BCUT2D eigenvalue weighted by Gasteiger charge is 2.19. The Morgan fingerprint density at radius 1 is 1.15 bits per heavy atom. The molecule has 1 aliphatic heterocycles. The van der Waals surface area contributed by atoms with Crippen LogP contribution in [0.15, 0.2) is 48.5 Å². The topological polar surface area (TPSA) is 30.5 Å². The van der Waals surface area contributed by atoms with E-state index in [9.17, 15) is 0 Å². The van der Waals surface area contributed by atoms with Crippen molar-refractivity contribution in [3.63, 3.8) is 0 Å². The molecule has 0 spiro atoms. The molecule has 1 unspecified atom stereocenters. The highest BCUT2D eigenvalue weighted by Crippen LogP contribution is 2.32. The third-order valence-electron chi connectivity index (χ3n) is 3.58. The fourth-order valence-electron chi connectivity index (χ4n) is 2.58. The zero-order chi connectivity index (χ0) is 13.8. The highest BCUT2D eigenvalue weighted by molar-refractivity contribution is 5.43. The first-order valence-electron chi connectivity index (χ1n) is 6.97. The summed E-state index contributed by atoms with van der Waals surface area (Å²) in [5, 5.41) is 3.61. The molecule has 0 saturated carbocycles. The van der Waals surface area contributed by atoms with Gasteiger partial charge in [-0.2, -0.15) is 0 Å². The van der Waals surface area contributed by atoms with Crippen molar-refractivity contribution in [2.45, 2.75) is 12.5 Å². The molecule has 104 valence electrons. The third kappa shape index (κ3) is 2.63. The minimum atomic E-state index is 0.140. The normalized spacial score (nSPS) is 18.4. The van der Waals surface area contributed by atoms with E-state index >= 15 is 0 Å². The number of hydrogen-bond acceptors (Lipinski definition) is 3. The van der Waals surface area contributed by atoms with Crippen LogP contribution in [0.25, 0.3) is 0 Å². The lowest BCUT2D eigenvalue weighted by molar-refractivity contribution is 0.290. The number of benzene rings is 2. The SMILES string of the molecule is COc1cccc(C2NCCCOc3ccccc32)c1. The van der Waals surface area contributed by atoms with E-state index in [-0.39, 0.29) is 6.04 Å². The predicted octanol–water partition coefficient (Wildman–Crippen LogP) is 3.16. The van der Waals surface area contributed by atoms with Gasteiger partial charge >= 0.3 is 0 Å². The molecule has 2 aromatic carbocycles. The van der Waals surface area contributed by atoms with Gasteiger partial charge in [0.05, 0.1) is 19.8 Å². The van der Waals surface area contributed by atoms with Gasteiger partial charge in [-0.1, -0.05) is 30.3 Å². The maximum Gasteiger partial charge on any atom is 0.124 e. The third-order valence-corrected chi connectivity index (χ3v) is 3.58. The molecule has 1 atom stereocenters. The van der Waals surface area contributed by atoms with Gasteiger partial charge < -0.3 is 14.8 Å². The van der Waals surface area contributed by atoms with Crippen molar-refractivity contribution in [2.75, 3.05) is 20.3 Å². The zero-order valence-corrected chi connectivity index (χ0v) is 11.6. The van der Waals surface area contributed by atoms with E-state index in [1.807, 2.05) is 24.3 Å². The van der Waals surface area contributed by atoms with Crippen LogP contribution in [0.2, 0.25) is 0 Å². The highest BCUT2D eigenvalue weighted by atomic mass is 16.5. The summed E-state index contributed by atoms with van der Waals surface area (Å²) in [6.07, 6.45) is 1.01. The number of hydrogen-bond donors (Lipinski definition) is 1. The molecule has 0 aromatic heterocycles. The first-order chi connectivity index (χ1) is 9.88. The molecule has 3 rings (SSSR count). The molecule has 3 heteroatoms. The smallest absolute Gasteiger partial charge is 0.124 e. The van der Waals surface area contributed by atoms with E-state index in [2.05, 4.69) is 29.6 Å². The Morgan fingerprint density at radius 3 is 2.95 bits per heavy atom. The summed E-state index contributed by atoms with van der Waals surface area (Å²) in [4.78, 5) is 0. The minimum Gasteiger partial charge on any atom is -0.497 e. The number of ether oxygens (including phenoxy) is 2. The van der Waals surface area contributed by atoms with Crippen molar-refractivity contribution >= 4 is 0 Å². The Hall–Kier alpha value is -2.00. The van der Waals surface area contributed by atoms with Crippen LogP contribution in [0, 0.1) is 0 Å². The van der Waals surface area contributed by atoms with Gasteiger partial charge in [0.2, 0.25) is 0 Å². The molecule has 0 fully saturated rings. The van der Waals surface area contributed by atoms with Crippen molar-refractivity contribution in [1.29, 1.82) is 0 Å². The molecule has 2 aromatic rings. The second kappa shape index (κ2) is 5.97. The largest absolute Gasteiger partial charge is 0.497 e. The van der Waals surface area contributed by atoms with Gasteiger partial charge in [0.1, 0.15) is 11.5 Å². The van der Waals surface area contributed by atoms with Gasteiger partial charge in [-0.3, -0.25) is 0 Å². The minimum absolute atomic E-state index is 0.140. The average molecular weight is 269 g/mol. The second-order valence-electron chi connectivity index (χ2n) is 4.90. The molecule has 3 nitrogen and oxygen atoms in total. The Labute approximate surface area is 119 Å². The van der Waals surface area contributed by atoms with Gasteiger partial charge in [0.25, 0.3) is 0 Å². The van der Waals surface area contributed by atoms with Crippen LogP contribution >= 0.6 is 0 Å². The number of rotatable bonds is 2. The molecule has 1 N–H and O–H groups in total. The summed E-state index contributed by atoms with van der Waals surface area (Å²) in [5.74, 6) is 1.84. The molecule has 20 heavy (non-hydrogen) atoms. The van der Waals surface area contributed by atoms with Crippen LogP contribution in [-0.2, 0) is 0 Å². The second-order valence-corrected chi connectivity index (χ2v) is 4.90. The lowest BCUT2D eigenvalue weighted by Gasteiger charge is -2.25. The zero-order valence-electron chi connectivity index (χ0n) is 11.6. The van der Waals surface area contributed by atoms with Crippen molar-refractivity contribution in [3.8, 4) is 11.5 Å². The Bertz CT molecular complexity index is 583. The average Bonchev–Trinajstić information content (AvgIpc) is 2.48. The first-order valence-corrected chi connectivity index (χ1v) is 6.97. The van der Waals surface area contributed by atoms with Crippen LogP contribution in [0.1, 0.15) is 23.6 Å². The summed E-state index contributed by atoms with van der Waals surface area (Å²) in [7, 11) is 1.70. The predicted molar refractivity (Wildman–Crippen MR) is 79.4 cm³/mol. The van der Waals surface area contributed by atoms with Crippen molar-refractivity contribution in [2.24, 2.45) is 0 Å². The number of fused-ring (bicyclic) bond motifs is 1. The summed E-state index contributed by atoms with van der Waals surface area (Å²) < 4.78 is 11.2. The van der Waals surface area contributed by atoms with E-state index in [1.54, 1.807) is 7.11 Å². The molecular weight excluding hydrogens is 250 g/mol. The summed E-state index contributed by atoms with van der Waals surface area (Å²) >= 11 is 0. The number of methoxy groups -OCH3 is 1. The maximum atomic E-state index is 5.87. The molecule has 1 heterocycles. The van der Waals surface area contributed by atoms with Gasteiger partial charge in [-0.25, -0.2) is 0 Å². The van der Waals surface area contributed by atoms with E-state index in [1.165, 1.54) is 11.1 Å². The Balaban J connectivity index is 2.03. The summed E-state index contributed by atoms with van der Waals surface area (Å²) in [6, 6.07) is 16.6. The van der Waals surface area contributed by atoms with Gasteiger partial charge in [-0.15, -0.1) is 0 Å². The Kier molecular flexibility index (Phi) is 3.88. The maximum absolute atomic E-state index is 5.87. The molecule has 1 aliphatic rings. The Morgan fingerprint density at radius 2 is 2.05 bits per heavy atom. The quantitative estimate of drug-likeness (QED) is 0.908. The lowest BCUT2D eigenvalue weighted by atomic mass is 9.97. The monoisotopic (exact) mass is 269 g/mol. The van der Waals surface area contributed by atoms with Crippen molar-refractivity contribution < 1.29 is 9.47 Å². The van der Waals surface area contributed by atoms with Crippen molar-refractivity contribution in [3.05, 3.63) is 59.7 Å². The molecule has 0 amide bonds. The van der Waals surface area contributed by atoms with E-state index in [4.69, 9.17) is 9.47 Å². The van der Waals surface area contributed by atoms with Gasteiger partial charge in [0.15, 0.2) is 0 Å². The van der Waals surface area contributed by atoms with Crippen molar-refractivity contribution in [1.82, 2.24) is 5.32 Å². The molecule has 0 saturated heterocycles. The van der Waals surface area contributed by atoms with Crippen LogP contribution in [0.3, 0.4) is 0 Å². The fraction of sp³-hybridized carbons (Fsp3) is 0.294. The number of para-hydroxylation sites is 1. The standard InChI is InChI=1S/C17H19NO2/c1-19-14-7-4-6-13(12-14)17-15-8-2-3-9-16(15)20-11-5-10-18-17/h2-4,6-9,12,17-18H,5,10-11H2,1H3. The van der Waals surface area contributed by atoms with E-state index in [0.29, 0.717) is 0 Å². The molecular formula is C17H19NO2. The van der Waals surface area contributed by atoms with Gasteiger partial charge in [0, 0.05) is 5.56 Å². The fourth-order valence-corrected chi connectivity index (χ4v) is 2.58. The van der Waals surface area contributed by atoms with Crippen LogP contribution in [0.4, 0.5) is 0 Å². The lowest BCUT2D eigenvalue weighted by Crippen LogP contribution is -2.27. The van der Waals surface area contributed by atoms with Gasteiger partial charge in [-0.05, 0) is 36.7 Å². The molecule has 0 aliphatic carbocycles. The molecule has 0 radical (unpaired) electrons. The van der Waals surface area contributed by atoms with Crippen LogP contribution in [-0.4, -0.2) is 20.3 Å². The van der Waals surface area contributed by atoms with Crippen LogP contribution in [0.5, 0.6) is 11.5 Å². The van der Waals surface area contributed by atoms with Crippen LogP contribution < -0.4 is 14.8 Å². The summed E-state index contributed by atoms with van der Waals surface area (Å²) in [5.41, 5.74) is 2.38. The molecule has 0 bridgehead atoms. The summed E-state index contributed by atoms with van der Waals surface area (Å²) in [6.45, 7) is 1.70. The number of nitrogens with one attached hydrogen (secondary N) is 1.